The highest BCUT2D eigenvalue weighted by molar-refractivity contribution is 6.30. The van der Waals surface area contributed by atoms with E-state index in [4.69, 9.17) is 16.0 Å². The fraction of sp³-hybridized carbons (Fsp3) is 0.318. The number of amides is 1. The Morgan fingerprint density at radius 1 is 1.04 bits per heavy atom. The summed E-state index contributed by atoms with van der Waals surface area (Å²) in [6.07, 6.45) is 2.75. The fourth-order valence-corrected chi connectivity index (χ4v) is 3.95. The summed E-state index contributed by atoms with van der Waals surface area (Å²) in [5.74, 6) is 1.54. The second-order valence-electron chi connectivity index (χ2n) is 7.32. The molecule has 4 rings (SSSR count). The molecule has 1 amide bonds. The lowest BCUT2D eigenvalue weighted by molar-refractivity contribution is 0.0733. The van der Waals surface area contributed by atoms with Gasteiger partial charge in [0, 0.05) is 36.5 Å². The molecule has 28 heavy (non-hydrogen) atoms. The van der Waals surface area contributed by atoms with Crippen LogP contribution in [0.3, 0.4) is 0 Å². The SMILES string of the molecule is Cc1nnc([C@H]2CC[C@@H](N(C)C(=O)c3ccc(-c4ccc(Cl)cc4)cc3)C2)o1. The van der Waals surface area contributed by atoms with Crippen molar-refractivity contribution in [1.29, 1.82) is 0 Å². The third-order valence-electron chi connectivity index (χ3n) is 5.47. The van der Waals surface area contributed by atoms with E-state index < -0.39 is 0 Å². The first-order chi connectivity index (χ1) is 13.5. The maximum absolute atomic E-state index is 12.9. The third kappa shape index (κ3) is 3.80. The van der Waals surface area contributed by atoms with Crippen molar-refractivity contribution >= 4 is 17.5 Å². The van der Waals surface area contributed by atoms with Crippen molar-refractivity contribution in [3.05, 3.63) is 70.9 Å². The number of carbonyl (C=O) groups is 1. The van der Waals surface area contributed by atoms with Crippen molar-refractivity contribution in [3.63, 3.8) is 0 Å². The monoisotopic (exact) mass is 395 g/mol. The van der Waals surface area contributed by atoms with Gasteiger partial charge in [-0.2, -0.15) is 0 Å². The Balaban J connectivity index is 1.43. The highest BCUT2D eigenvalue weighted by atomic mass is 35.5. The summed E-state index contributed by atoms with van der Waals surface area (Å²) in [4.78, 5) is 14.8. The summed E-state index contributed by atoms with van der Waals surface area (Å²) in [5.41, 5.74) is 2.83. The molecule has 6 heteroatoms. The molecule has 1 aromatic heterocycles. The van der Waals surface area contributed by atoms with Gasteiger partial charge in [-0.3, -0.25) is 4.79 Å². The molecule has 1 fully saturated rings. The van der Waals surface area contributed by atoms with Crippen LogP contribution in [0.5, 0.6) is 0 Å². The molecule has 0 saturated heterocycles. The van der Waals surface area contributed by atoms with Gasteiger partial charge in [0.25, 0.3) is 5.91 Å². The molecule has 5 nitrogen and oxygen atoms in total. The van der Waals surface area contributed by atoms with Crippen LogP contribution in [0, 0.1) is 6.92 Å². The Bertz CT molecular complexity index is 966. The molecule has 0 unspecified atom stereocenters. The van der Waals surface area contributed by atoms with Crippen LogP contribution >= 0.6 is 11.6 Å². The van der Waals surface area contributed by atoms with Gasteiger partial charge < -0.3 is 9.32 Å². The zero-order valence-corrected chi connectivity index (χ0v) is 16.7. The predicted molar refractivity (Wildman–Crippen MR) is 108 cm³/mol. The summed E-state index contributed by atoms with van der Waals surface area (Å²) in [7, 11) is 1.88. The molecule has 2 aromatic carbocycles. The number of rotatable bonds is 4. The minimum absolute atomic E-state index is 0.0371. The van der Waals surface area contributed by atoms with E-state index in [9.17, 15) is 4.79 Å². The number of nitrogens with zero attached hydrogens (tertiary/aromatic N) is 3. The van der Waals surface area contributed by atoms with Crippen LogP contribution in [0.1, 0.15) is 47.3 Å². The maximum Gasteiger partial charge on any atom is 0.253 e. The quantitative estimate of drug-likeness (QED) is 0.616. The number of benzene rings is 2. The van der Waals surface area contributed by atoms with Crippen molar-refractivity contribution in [1.82, 2.24) is 15.1 Å². The van der Waals surface area contributed by atoms with Gasteiger partial charge >= 0.3 is 0 Å². The normalized spacial score (nSPS) is 19.0. The van der Waals surface area contributed by atoms with Crippen molar-refractivity contribution in [2.75, 3.05) is 7.05 Å². The van der Waals surface area contributed by atoms with Gasteiger partial charge in [0.2, 0.25) is 11.8 Å². The lowest BCUT2D eigenvalue weighted by atomic mass is 10.0. The molecule has 0 spiro atoms. The molecular weight excluding hydrogens is 374 g/mol. The molecule has 1 heterocycles. The molecule has 144 valence electrons. The first-order valence-electron chi connectivity index (χ1n) is 9.44. The zero-order valence-electron chi connectivity index (χ0n) is 15.9. The van der Waals surface area contributed by atoms with E-state index in [2.05, 4.69) is 10.2 Å². The smallest absolute Gasteiger partial charge is 0.253 e. The Morgan fingerprint density at radius 3 is 2.29 bits per heavy atom. The van der Waals surface area contributed by atoms with E-state index >= 15 is 0 Å². The first-order valence-corrected chi connectivity index (χ1v) is 9.82. The third-order valence-corrected chi connectivity index (χ3v) is 5.73. The summed E-state index contributed by atoms with van der Waals surface area (Å²) in [6.45, 7) is 1.80. The van der Waals surface area contributed by atoms with E-state index in [0.717, 1.165) is 30.4 Å². The molecule has 0 radical (unpaired) electrons. The van der Waals surface area contributed by atoms with E-state index in [-0.39, 0.29) is 17.9 Å². The molecule has 1 saturated carbocycles. The number of aromatic nitrogens is 2. The molecule has 2 atom stereocenters. The van der Waals surface area contributed by atoms with Crippen molar-refractivity contribution in [3.8, 4) is 11.1 Å². The zero-order chi connectivity index (χ0) is 19.7. The Morgan fingerprint density at radius 2 is 1.68 bits per heavy atom. The van der Waals surface area contributed by atoms with Gasteiger partial charge in [0.05, 0.1) is 0 Å². The van der Waals surface area contributed by atoms with Crippen LogP contribution in [0.15, 0.2) is 52.9 Å². The van der Waals surface area contributed by atoms with E-state index in [1.165, 1.54) is 0 Å². The van der Waals surface area contributed by atoms with Gasteiger partial charge in [-0.25, -0.2) is 0 Å². The topological polar surface area (TPSA) is 59.2 Å². The lowest BCUT2D eigenvalue weighted by Gasteiger charge is -2.24. The molecule has 0 bridgehead atoms. The molecule has 1 aliphatic rings. The summed E-state index contributed by atoms with van der Waals surface area (Å²) in [5, 5.41) is 8.77. The average Bonchev–Trinajstić information content (AvgIpc) is 3.37. The van der Waals surface area contributed by atoms with E-state index in [1.54, 1.807) is 6.92 Å². The van der Waals surface area contributed by atoms with Crippen LogP contribution in [-0.4, -0.2) is 34.1 Å². The van der Waals surface area contributed by atoms with Gasteiger partial charge in [-0.05, 0) is 54.7 Å². The highest BCUT2D eigenvalue weighted by Crippen LogP contribution is 2.36. The number of hydrogen-bond acceptors (Lipinski definition) is 4. The Hall–Kier alpha value is -2.66. The second kappa shape index (κ2) is 7.76. The van der Waals surface area contributed by atoms with Crippen LogP contribution in [-0.2, 0) is 0 Å². The molecule has 3 aromatic rings. The maximum atomic E-state index is 12.9. The second-order valence-corrected chi connectivity index (χ2v) is 7.76. The minimum Gasteiger partial charge on any atom is -0.425 e. The molecule has 1 aliphatic carbocycles. The molecule has 0 N–H and O–H groups in total. The van der Waals surface area contributed by atoms with E-state index in [1.807, 2.05) is 60.5 Å². The first kappa shape index (κ1) is 18.7. The van der Waals surface area contributed by atoms with Gasteiger partial charge in [-0.1, -0.05) is 35.9 Å². The van der Waals surface area contributed by atoms with Crippen molar-refractivity contribution < 1.29 is 9.21 Å². The van der Waals surface area contributed by atoms with Crippen LogP contribution < -0.4 is 0 Å². The van der Waals surface area contributed by atoms with Gasteiger partial charge in [0.15, 0.2) is 0 Å². The van der Waals surface area contributed by atoms with Gasteiger partial charge in [-0.15, -0.1) is 10.2 Å². The highest BCUT2D eigenvalue weighted by Gasteiger charge is 2.33. The fourth-order valence-electron chi connectivity index (χ4n) is 3.83. The predicted octanol–water partition coefficient (Wildman–Crippen LogP) is 5.11. The number of halogens is 1. The van der Waals surface area contributed by atoms with E-state index in [0.29, 0.717) is 22.4 Å². The summed E-state index contributed by atoms with van der Waals surface area (Å²) in [6, 6.07) is 15.6. The lowest BCUT2D eigenvalue weighted by Crippen LogP contribution is -2.35. The van der Waals surface area contributed by atoms with Crippen LogP contribution in [0.2, 0.25) is 5.02 Å². The number of carbonyl (C=O) groups excluding carboxylic acids is 1. The summed E-state index contributed by atoms with van der Waals surface area (Å²) < 4.78 is 5.57. The Kier molecular flexibility index (Phi) is 5.18. The average molecular weight is 396 g/mol. The molecule has 0 aliphatic heterocycles. The standard InChI is InChI=1S/C22H22ClN3O2/c1-14-24-25-21(28-14)18-9-12-20(13-18)26(2)22(27)17-5-3-15(4-6-17)16-7-10-19(23)11-8-16/h3-8,10-11,18,20H,9,12-13H2,1-2H3/t18-,20+/m0/s1. The van der Waals surface area contributed by atoms with Crippen LogP contribution in [0.4, 0.5) is 0 Å². The van der Waals surface area contributed by atoms with Crippen LogP contribution in [0.25, 0.3) is 11.1 Å². The number of hydrogen-bond donors (Lipinski definition) is 0. The van der Waals surface area contributed by atoms with Gasteiger partial charge in [0.1, 0.15) is 0 Å². The number of aryl methyl sites for hydroxylation is 1. The largest absolute Gasteiger partial charge is 0.425 e. The van der Waals surface area contributed by atoms with Crippen molar-refractivity contribution in [2.24, 2.45) is 0 Å². The van der Waals surface area contributed by atoms with Crippen molar-refractivity contribution in [2.45, 2.75) is 38.1 Å². The Labute approximate surface area is 169 Å². The molecular formula is C22H22ClN3O2. The summed E-state index contributed by atoms with van der Waals surface area (Å²) >= 11 is 5.95. The minimum atomic E-state index is 0.0371.